The van der Waals surface area contributed by atoms with Crippen LogP contribution in [0.25, 0.3) is 0 Å². The van der Waals surface area contributed by atoms with Crippen LogP contribution in [-0.2, 0) is 0 Å². The van der Waals surface area contributed by atoms with Crippen molar-refractivity contribution in [2.45, 2.75) is 31.3 Å². The van der Waals surface area contributed by atoms with Gasteiger partial charge in [0.05, 0.1) is 0 Å². The van der Waals surface area contributed by atoms with Gasteiger partial charge in [-0.1, -0.05) is 6.07 Å². The number of hydrogen-bond acceptors (Lipinski definition) is 2. The van der Waals surface area contributed by atoms with Crippen molar-refractivity contribution in [3.05, 3.63) is 29.8 Å². The van der Waals surface area contributed by atoms with Crippen LogP contribution in [0.1, 0.15) is 19.3 Å². The van der Waals surface area contributed by atoms with Crippen LogP contribution in [0.5, 0.6) is 0 Å². The molecule has 2 aliphatic rings. The Kier molecular flexibility index (Phi) is 2.74. The van der Waals surface area contributed by atoms with E-state index in [1.54, 1.807) is 0 Å². The minimum Gasteiger partial charge on any atom is -0.361 e. The van der Waals surface area contributed by atoms with Crippen molar-refractivity contribution in [1.82, 2.24) is 5.32 Å². The van der Waals surface area contributed by atoms with E-state index in [9.17, 15) is 8.78 Å². The van der Waals surface area contributed by atoms with Crippen LogP contribution in [0.15, 0.2) is 18.2 Å². The standard InChI is InChI=1S/C13H16F2N2/c14-9-3-1-4-10(15)13(9)17-8-7-16-11-5-2-6-12(11)17/h1,3-4,11-12,16H,2,5-8H2/t11-,12+/m0/s1. The quantitative estimate of drug-likeness (QED) is 0.807. The molecule has 1 saturated heterocycles. The Balaban J connectivity index is 1.97. The van der Waals surface area contributed by atoms with Crippen molar-refractivity contribution in [2.24, 2.45) is 0 Å². The molecule has 1 aliphatic heterocycles. The highest BCUT2D eigenvalue weighted by Crippen LogP contribution is 2.33. The van der Waals surface area contributed by atoms with Crippen molar-refractivity contribution in [2.75, 3.05) is 18.0 Å². The van der Waals surface area contributed by atoms with Crippen LogP contribution in [0.4, 0.5) is 14.5 Å². The number of piperazine rings is 1. The number of rotatable bonds is 1. The van der Waals surface area contributed by atoms with Gasteiger partial charge in [0.2, 0.25) is 0 Å². The molecule has 1 aromatic carbocycles. The van der Waals surface area contributed by atoms with E-state index in [1.807, 2.05) is 4.90 Å². The number of halogens is 2. The van der Waals surface area contributed by atoms with E-state index in [0.29, 0.717) is 12.6 Å². The minimum absolute atomic E-state index is 0.158. The van der Waals surface area contributed by atoms with Gasteiger partial charge in [0.15, 0.2) is 0 Å². The summed E-state index contributed by atoms with van der Waals surface area (Å²) in [4.78, 5) is 1.92. The Bertz CT molecular complexity index is 402. The first kappa shape index (κ1) is 11.0. The number of fused-ring (bicyclic) bond motifs is 1. The van der Waals surface area contributed by atoms with E-state index in [0.717, 1.165) is 25.8 Å². The Morgan fingerprint density at radius 1 is 1.18 bits per heavy atom. The van der Waals surface area contributed by atoms with E-state index in [1.165, 1.54) is 18.2 Å². The maximum absolute atomic E-state index is 13.8. The van der Waals surface area contributed by atoms with Crippen molar-refractivity contribution in [3.63, 3.8) is 0 Å². The second kappa shape index (κ2) is 4.26. The van der Waals surface area contributed by atoms with Crippen LogP contribution in [0.2, 0.25) is 0 Å². The van der Waals surface area contributed by atoms with Gasteiger partial charge in [-0.25, -0.2) is 8.78 Å². The third-order valence-corrected chi connectivity index (χ3v) is 3.86. The summed E-state index contributed by atoms with van der Waals surface area (Å²) in [6.45, 7) is 1.48. The van der Waals surface area contributed by atoms with Gasteiger partial charge in [-0.15, -0.1) is 0 Å². The van der Waals surface area contributed by atoms with E-state index in [4.69, 9.17) is 0 Å². The zero-order valence-electron chi connectivity index (χ0n) is 9.63. The summed E-state index contributed by atoms with van der Waals surface area (Å²) < 4.78 is 27.6. The molecule has 2 fully saturated rings. The average molecular weight is 238 g/mol. The van der Waals surface area contributed by atoms with Crippen molar-refractivity contribution < 1.29 is 8.78 Å². The fourth-order valence-electron chi connectivity index (χ4n) is 3.13. The van der Waals surface area contributed by atoms with E-state index in [-0.39, 0.29) is 11.7 Å². The number of benzene rings is 1. The normalized spacial score (nSPS) is 28.2. The van der Waals surface area contributed by atoms with Gasteiger partial charge < -0.3 is 10.2 Å². The summed E-state index contributed by atoms with van der Waals surface area (Å²) in [5.74, 6) is -0.893. The first-order valence-electron chi connectivity index (χ1n) is 6.21. The van der Waals surface area contributed by atoms with Crippen LogP contribution in [0, 0.1) is 11.6 Å². The molecule has 0 aromatic heterocycles. The zero-order valence-corrected chi connectivity index (χ0v) is 9.63. The van der Waals surface area contributed by atoms with E-state index < -0.39 is 11.6 Å². The third-order valence-electron chi connectivity index (χ3n) is 3.86. The largest absolute Gasteiger partial charge is 0.361 e. The third kappa shape index (κ3) is 1.80. The van der Waals surface area contributed by atoms with Gasteiger partial charge in [0.25, 0.3) is 0 Å². The molecule has 1 saturated carbocycles. The summed E-state index contributed by atoms with van der Waals surface area (Å²) in [6.07, 6.45) is 3.26. The number of para-hydroxylation sites is 1. The second-order valence-corrected chi connectivity index (χ2v) is 4.82. The molecule has 1 aliphatic carbocycles. The average Bonchev–Trinajstić information content (AvgIpc) is 2.77. The van der Waals surface area contributed by atoms with E-state index >= 15 is 0 Å². The summed E-state index contributed by atoms with van der Waals surface area (Å²) in [7, 11) is 0. The maximum atomic E-state index is 13.8. The Labute approximate surface area is 99.6 Å². The molecule has 1 N–H and O–H groups in total. The van der Waals surface area contributed by atoms with Crippen LogP contribution in [0.3, 0.4) is 0 Å². The molecule has 0 bridgehead atoms. The first-order valence-corrected chi connectivity index (χ1v) is 6.21. The monoisotopic (exact) mass is 238 g/mol. The predicted octanol–water partition coefficient (Wildman–Crippen LogP) is 2.30. The van der Waals surface area contributed by atoms with Gasteiger partial charge in [-0.2, -0.15) is 0 Å². The molecule has 3 rings (SSSR count). The summed E-state index contributed by atoms with van der Waals surface area (Å²) >= 11 is 0. The van der Waals surface area contributed by atoms with Gasteiger partial charge in [0, 0.05) is 25.2 Å². The highest BCUT2D eigenvalue weighted by Gasteiger charge is 2.36. The zero-order chi connectivity index (χ0) is 11.8. The molecule has 4 heteroatoms. The lowest BCUT2D eigenvalue weighted by Gasteiger charge is -2.40. The molecular weight excluding hydrogens is 222 g/mol. The molecule has 1 aromatic rings. The topological polar surface area (TPSA) is 15.3 Å². The van der Waals surface area contributed by atoms with Crippen molar-refractivity contribution in [3.8, 4) is 0 Å². The van der Waals surface area contributed by atoms with Gasteiger partial charge in [0.1, 0.15) is 17.3 Å². The predicted molar refractivity (Wildman–Crippen MR) is 63.1 cm³/mol. The molecular formula is C13H16F2N2. The fourth-order valence-corrected chi connectivity index (χ4v) is 3.13. The fraction of sp³-hybridized carbons (Fsp3) is 0.538. The Hall–Kier alpha value is -1.16. The molecule has 2 nitrogen and oxygen atoms in total. The summed E-state index contributed by atoms with van der Waals surface area (Å²) in [6, 6.07) is 4.73. The molecule has 0 radical (unpaired) electrons. The van der Waals surface area contributed by atoms with Gasteiger partial charge in [-0.05, 0) is 31.4 Å². The SMILES string of the molecule is Fc1cccc(F)c1N1CCN[C@H]2CCC[C@H]21. The number of anilines is 1. The molecule has 17 heavy (non-hydrogen) atoms. The summed E-state index contributed by atoms with van der Waals surface area (Å²) in [5, 5.41) is 3.43. The smallest absolute Gasteiger partial charge is 0.149 e. The summed E-state index contributed by atoms with van der Waals surface area (Å²) in [5.41, 5.74) is 0.158. The van der Waals surface area contributed by atoms with Crippen LogP contribution in [-0.4, -0.2) is 25.2 Å². The highest BCUT2D eigenvalue weighted by atomic mass is 19.1. The number of hydrogen-bond donors (Lipinski definition) is 1. The lowest BCUT2D eigenvalue weighted by atomic mass is 10.1. The molecule has 2 atom stereocenters. The molecule has 0 spiro atoms. The Morgan fingerprint density at radius 3 is 2.71 bits per heavy atom. The number of nitrogens with zero attached hydrogens (tertiary/aromatic N) is 1. The lowest BCUT2D eigenvalue weighted by Crippen LogP contribution is -2.56. The van der Waals surface area contributed by atoms with Gasteiger partial charge >= 0.3 is 0 Å². The van der Waals surface area contributed by atoms with Gasteiger partial charge in [-0.3, -0.25) is 0 Å². The van der Waals surface area contributed by atoms with Crippen LogP contribution >= 0.6 is 0 Å². The number of nitrogens with one attached hydrogen (secondary N) is 1. The van der Waals surface area contributed by atoms with Crippen molar-refractivity contribution in [1.29, 1.82) is 0 Å². The highest BCUT2D eigenvalue weighted by molar-refractivity contribution is 5.51. The lowest BCUT2D eigenvalue weighted by molar-refractivity contribution is 0.395. The van der Waals surface area contributed by atoms with E-state index in [2.05, 4.69) is 5.32 Å². The molecule has 92 valence electrons. The molecule has 0 amide bonds. The molecule has 0 unspecified atom stereocenters. The second-order valence-electron chi connectivity index (χ2n) is 4.82. The molecule has 1 heterocycles. The van der Waals surface area contributed by atoms with Crippen molar-refractivity contribution >= 4 is 5.69 Å². The first-order chi connectivity index (χ1) is 8.27. The Morgan fingerprint density at radius 2 is 1.94 bits per heavy atom. The maximum Gasteiger partial charge on any atom is 0.149 e. The minimum atomic E-state index is -0.447. The van der Waals surface area contributed by atoms with Crippen LogP contribution < -0.4 is 10.2 Å².